The smallest absolute Gasteiger partial charge is 0.0931 e. The van der Waals surface area contributed by atoms with Gasteiger partial charge in [-0.2, -0.15) is 0 Å². The Balaban J connectivity index is 1.77. The molecule has 1 aliphatic rings. The van der Waals surface area contributed by atoms with Gasteiger partial charge in [-0.1, -0.05) is 11.6 Å². The number of nitrogens with one attached hydrogen (secondary N) is 1. The van der Waals surface area contributed by atoms with E-state index < -0.39 is 0 Å². The summed E-state index contributed by atoms with van der Waals surface area (Å²) < 4.78 is 6.48. The normalized spacial score (nSPS) is 23.2. The standard InChI is InChI=1S/C11H16ClNOS/c1-8(10-3-2-6-14-10)13-7-9-4-5-11(12)15-9/h4-5,8,10,13H,2-3,6-7H2,1H3. The first-order valence-corrected chi connectivity index (χ1v) is 6.54. The summed E-state index contributed by atoms with van der Waals surface area (Å²) >= 11 is 7.50. The van der Waals surface area contributed by atoms with Crippen molar-refractivity contribution in [1.29, 1.82) is 0 Å². The molecule has 2 heterocycles. The van der Waals surface area contributed by atoms with Crippen molar-refractivity contribution in [3.05, 3.63) is 21.3 Å². The molecule has 4 heteroatoms. The molecule has 1 fully saturated rings. The first-order valence-electron chi connectivity index (χ1n) is 5.35. The van der Waals surface area contributed by atoms with Crippen LogP contribution < -0.4 is 5.32 Å². The van der Waals surface area contributed by atoms with Crippen LogP contribution in [0.15, 0.2) is 12.1 Å². The van der Waals surface area contributed by atoms with Crippen LogP contribution in [0, 0.1) is 0 Å². The molecule has 0 aromatic carbocycles. The minimum Gasteiger partial charge on any atom is -0.377 e. The highest BCUT2D eigenvalue weighted by Gasteiger charge is 2.21. The van der Waals surface area contributed by atoms with Gasteiger partial charge in [-0.15, -0.1) is 11.3 Å². The van der Waals surface area contributed by atoms with Crippen LogP contribution in [-0.4, -0.2) is 18.8 Å². The molecule has 1 N–H and O–H groups in total. The molecule has 0 amide bonds. The van der Waals surface area contributed by atoms with Crippen LogP contribution in [0.3, 0.4) is 0 Å². The summed E-state index contributed by atoms with van der Waals surface area (Å²) in [5.41, 5.74) is 0. The predicted octanol–water partition coefficient (Wildman–Crippen LogP) is 3.06. The quantitative estimate of drug-likeness (QED) is 0.881. The van der Waals surface area contributed by atoms with E-state index in [9.17, 15) is 0 Å². The van der Waals surface area contributed by atoms with Crippen molar-refractivity contribution in [3.8, 4) is 0 Å². The minimum absolute atomic E-state index is 0.389. The summed E-state index contributed by atoms with van der Waals surface area (Å²) in [5.74, 6) is 0. The average Bonchev–Trinajstić information content (AvgIpc) is 2.84. The van der Waals surface area contributed by atoms with Crippen LogP contribution in [-0.2, 0) is 11.3 Å². The number of hydrogen-bond donors (Lipinski definition) is 1. The molecule has 84 valence electrons. The lowest BCUT2D eigenvalue weighted by Gasteiger charge is -2.19. The summed E-state index contributed by atoms with van der Waals surface area (Å²) in [5, 5.41) is 3.48. The fourth-order valence-electron chi connectivity index (χ4n) is 1.84. The first-order chi connectivity index (χ1) is 7.25. The zero-order chi connectivity index (χ0) is 10.7. The van der Waals surface area contributed by atoms with Gasteiger partial charge in [-0.25, -0.2) is 0 Å². The third-order valence-electron chi connectivity index (χ3n) is 2.75. The van der Waals surface area contributed by atoms with Gasteiger partial charge >= 0.3 is 0 Å². The van der Waals surface area contributed by atoms with E-state index in [1.54, 1.807) is 11.3 Å². The Morgan fingerprint density at radius 3 is 3.13 bits per heavy atom. The van der Waals surface area contributed by atoms with Gasteiger partial charge in [0.1, 0.15) is 0 Å². The second-order valence-electron chi connectivity index (χ2n) is 3.93. The van der Waals surface area contributed by atoms with Crippen LogP contribution in [0.25, 0.3) is 0 Å². The van der Waals surface area contributed by atoms with Gasteiger partial charge in [0.15, 0.2) is 0 Å². The van der Waals surface area contributed by atoms with Crippen LogP contribution in [0.1, 0.15) is 24.6 Å². The number of thiophene rings is 1. The number of ether oxygens (including phenoxy) is 1. The van der Waals surface area contributed by atoms with Crippen molar-refractivity contribution < 1.29 is 4.74 Å². The van der Waals surface area contributed by atoms with Crippen molar-refractivity contribution in [3.63, 3.8) is 0 Å². The Labute approximate surface area is 99.6 Å². The molecule has 15 heavy (non-hydrogen) atoms. The molecular formula is C11H16ClNOS. The van der Waals surface area contributed by atoms with Gasteiger partial charge in [0, 0.05) is 24.1 Å². The first kappa shape index (κ1) is 11.4. The van der Waals surface area contributed by atoms with Gasteiger partial charge in [-0.3, -0.25) is 0 Å². The third kappa shape index (κ3) is 3.18. The molecule has 1 aliphatic heterocycles. The predicted molar refractivity (Wildman–Crippen MR) is 64.6 cm³/mol. The molecule has 0 spiro atoms. The average molecular weight is 246 g/mol. The summed E-state index contributed by atoms with van der Waals surface area (Å²) in [4.78, 5) is 1.28. The van der Waals surface area contributed by atoms with Gasteiger partial charge in [-0.05, 0) is 31.9 Å². The summed E-state index contributed by atoms with van der Waals surface area (Å²) in [7, 11) is 0. The van der Waals surface area contributed by atoms with Crippen molar-refractivity contribution in [1.82, 2.24) is 5.32 Å². The zero-order valence-corrected chi connectivity index (χ0v) is 10.4. The molecule has 0 radical (unpaired) electrons. The molecular weight excluding hydrogens is 230 g/mol. The number of rotatable bonds is 4. The topological polar surface area (TPSA) is 21.3 Å². The second kappa shape index (κ2) is 5.30. The molecule has 2 nitrogen and oxygen atoms in total. The van der Waals surface area contributed by atoms with Gasteiger partial charge in [0.25, 0.3) is 0 Å². The highest BCUT2D eigenvalue weighted by atomic mass is 35.5. The lowest BCUT2D eigenvalue weighted by molar-refractivity contribution is 0.0833. The van der Waals surface area contributed by atoms with Gasteiger partial charge in [0.2, 0.25) is 0 Å². The minimum atomic E-state index is 0.389. The van der Waals surface area contributed by atoms with Crippen LogP contribution >= 0.6 is 22.9 Å². The lowest BCUT2D eigenvalue weighted by atomic mass is 10.1. The molecule has 1 aromatic heterocycles. The maximum atomic E-state index is 5.87. The summed E-state index contributed by atoms with van der Waals surface area (Å²) in [6.45, 7) is 3.99. The summed E-state index contributed by atoms with van der Waals surface area (Å²) in [6, 6.07) is 4.44. The zero-order valence-electron chi connectivity index (χ0n) is 8.83. The van der Waals surface area contributed by atoms with Crippen LogP contribution in [0.2, 0.25) is 4.34 Å². The van der Waals surface area contributed by atoms with E-state index in [0.717, 1.165) is 17.5 Å². The van der Waals surface area contributed by atoms with E-state index >= 15 is 0 Å². The van der Waals surface area contributed by atoms with Gasteiger partial charge < -0.3 is 10.1 Å². The molecule has 0 bridgehead atoms. The fourth-order valence-corrected chi connectivity index (χ4v) is 2.88. The van der Waals surface area contributed by atoms with E-state index in [1.165, 1.54) is 17.7 Å². The largest absolute Gasteiger partial charge is 0.377 e. The SMILES string of the molecule is CC(NCc1ccc(Cl)s1)C1CCCO1. The van der Waals surface area contributed by atoms with Crippen molar-refractivity contribution in [2.45, 2.75) is 38.5 Å². The van der Waals surface area contributed by atoms with E-state index in [-0.39, 0.29) is 0 Å². The number of halogens is 1. The van der Waals surface area contributed by atoms with E-state index in [1.807, 2.05) is 6.07 Å². The van der Waals surface area contributed by atoms with Crippen LogP contribution in [0.4, 0.5) is 0 Å². The molecule has 2 unspecified atom stereocenters. The van der Waals surface area contributed by atoms with E-state index in [2.05, 4.69) is 18.3 Å². The second-order valence-corrected chi connectivity index (χ2v) is 5.73. The van der Waals surface area contributed by atoms with Crippen molar-refractivity contribution in [2.75, 3.05) is 6.61 Å². The molecule has 0 saturated carbocycles. The van der Waals surface area contributed by atoms with Crippen molar-refractivity contribution >= 4 is 22.9 Å². The highest BCUT2D eigenvalue weighted by Crippen LogP contribution is 2.22. The monoisotopic (exact) mass is 245 g/mol. The highest BCUT2D eigenvalue weighted by molar-refractivity contribution is 7.16. The maximum Gasteiger partial charge on any atom is 0.0931 e. The Morgan fingerprint density at radius 2 is 2.53 bits per heavy atom. The molecule has 2 rings (SSSR count). The lowest BCUT2D eigenvalue weighted by Crippen LogP contribution is -2.36. The van der Waals surface area contributed by atoms with Crippen LogP contribution in [0.5, 0.6) is 0 Å². The Morgan fingerprint density at radius 1 is 1.67 bits per heavy atom. The molecule has 1 saturated heterocycles. The Kier molecular flexibility index (Phi) is 4.03. The third-order valence-corrected chi connectivity index (χ3v) is 3.98. The Hall–Kier alpha value is -0.0900. The van der Waals surface area contributed by atoms with E-state index in [0.29, 0.717) is 12.1 Å². The Bertz CT molecular complexity index is 309. The summed E-state index contributed by atoms with van der Waals surface area (Å²) in [6.07, 6.45) is 2.77. The molecule has 0 aliphatic carbocycles. The number of hydrogen-bond acceptors (Lipinski definition) is 3. The van der Waals surface area contributed by atoms with E-state index in [4.69, 9.17) is 16.3 Å². The van der Waals surface area contributed by atoms with Crippen molar-refractivity contribution in [2.24, 2.45) is 0 Å². The molecule has 2 atom stereocenters. The molecule has 1 aromatic rings. The maximum absolute atomic E-state index is 5.87. The fraction of sp³-hybridized carbons (Fsp3) is 0.636. The van der Waals surface area contributed by atoms with Gasteiger partial charge in [0.05, 0.1) is 10.4 Å².